The normalized spacial score (nSPS) is 11.9. The molecule has 0 aliphatic rings. The van der Waals surface area contributed by atoms with Crippen LogP contribution in [0.5, 0.6) is 5.75 Å². The molecule has 0 aliphatic carbocycles. The molecule has 0 spiro atoms. The number of carbonyl (C=O) groups excluding carboxylic acids is 1. The Hall–Kier alpha value is -1.62. The predicted molar refractivity (Wildman–Crippen MR) is 56.5 cm³/mol. The van der Waals surface area contributed by atoms with E-state index in [0.29, 0.717) is 5.75 Å². The first-order valence-corrected chi connectivity index (χ1v) is 4.94. The van der Waals surface area contributed by atoms with Crippen LogP contribution in [0, 0.1) is 5.82 Å². The van der Waals surface area contributed by atoms with Crippen LogP contribution in [0.15, 0.2) is 24.3 Å². The minimum absolute atomic E-state index is 0.00443. The van der Waals surface area contributed by atoms with Gasteiger partial charge in [-0.3, -0.25) is 4.79 Å². The van der Waals surface area contributed by atoms with E-state index in [2.05, 4.69) is 0 Å². The number of esters is 1. The molecule has 1 unspecified atom stereocenters. The lowest BCUT2D eigenvalue weighted by atomic mass is 10.3. The van der Waals surface area contributed by atoms with Gasteiger partial charge in [-0.05, 0) is 31.2 Å². The van der Waals surface area contributed by atoms with E-state index in [0.717, 1.165) is 0 Å². The highest BCUT2D eigenvalue weighted by Crippen LogP contribution is 2.11. The van der Waals surface area contributed by atoms with Gasteiger partial charge in [-0.1, -0.05) is 0 Å². The van der Waals surface area contributed by atoms with Crippen LogP contribution in [0.1, 0.15) is 6.92 Å². The molecule has 0 amide bonds. The number of halogens is 1. The quantitative estimate of drug-likeness (QED) is 0.765. The molecule has 5 heteroatoms. The fraction of sp³-hybridized carbons (Fsp3) is 0.364. The Balaban J connectivity index is 2.39. The molecule has 1 rings (SSSR count). The number of ether oxygens (including phenoxy) is 2. The second-order valence-corrected chi connectivity index (χ2v) is 3.12. The summed E-state index contributed by atoms with van der Waals surface area (Å²) < 4.78 is 22.5. The lowest BCUT2D eigenvalue weighted by Crippen LogP contribution is -2.37. The van der Waals surface area contributed by atoms with Crippen LogP contribution in [-0.2, 0) is 9.53 Å². The highest BCUT2D eigenvalue weighted by molar-refractivity contribution is 5.75. The summed E-state index contributed by atoms with van der Waals surface area (Å²) in [6, 6.07) is 4.64. The van der Waals surface area contributed by atoms with Crippen LogP contribution in [-0.4, -0.2) is 25.2 Å². The topological polar surface area (TPSA) is 61.5 Å². The summed E-state index contributed by atoms with van der Waals surface area (Å²) in [4.78, 5) is 11.1. The van der Waals surface area contributed by atoms with Crippen molar-refractivity contribution in [1.82, 2.24) is 0 Å². The Morgan fingerprint density at radius 2 is 2.06 bits per heavy atom. The Bertz CT molecular complexity index is 340. The van der Waals surface area contributed by atoms with E-state index in [-0.39, 0.29) is 19.0 Å². The van der Waals surface area contributed by atoms with Crippen molar-refractivity contribution in [2.75, 3.05) is 13.2 Å². The van der Waals surface area contributed by atoms with Crippen LogP contribution in [0.2, 0.25) is 0 Å². The average molecular weight is 227 g/mol. The fourth-order valence-electron chi connectivity index (χ4n) is 1.03. The van der Waals surface area contributed by atoms with Crippen molar-refractivity contribution in [2.45, 2.75) is 13.0 Å². The SMILES string of the molecule is CCOC(=O)C(N)COc1ccc(F)cc1. The summed E-state index contributed by atoms with van der Waals surface area (Å²) in [6.07, 6.45) is 0. The zero-order chi connectivity index (χ0) is 12.0. The van der Waals surface area contributed by atoms with Crippen molar-refractivity contribution in [3.8, 4) is 5.75 Å². The van der Waals surface area contributed by atoms with E-state index in [9.17, 15) is 9.18 Å². The maximum atomic E-state index is 12.6. The number of benzene rings is 1. The highest BCUT2D eigenvalue weighted by Gasteiger charge is 2.14. The maximum Gasteiger partial charge on any atom is 0.326 e. The van der Waals surface area contributed by atoms with Gasteiger partial charge < -0.3 is 15.2 Å². The molecule has 0 radical (unpaired) electrons. The second kappa shape index (κ2) is 6.07. The largest absolute Gasteiger partial charge is 0.491 e. The fourth-order valence-corrected chi connectivity index (χ4v) is 1.03. The van der Waals surface area contributed by atoms with Crippen LogP contribution in [0.25, 0.3) is 0 Å². The maximum absolute atomic E-state index is 12.6. The second-order valence-electron chi connectivity index (χ2n) is 3.12. The van der Waals surface area contributed by atoms with E-state index < -0.39 is 12.0 Å². The zero-order valence-corrected chi connectivity index (χ0v) is 8.98. The van der Waals surface area contributed by atoms with Gasteiger partial charge in [0, 0.05) is 0 Å². The van der Waals surface area contributed by atoms with Crippen LogP contribution in [0.3, 0.4) is 0 Å². The summed E-state index contributed by atoms with van der Waals surface area (Å²) in [5.74, 6) is -0.396. The van der Waals surface area contributed by atoms with Gasteiger partial charge in [0.25, 0.3) is 0 Å². The molecule has 0 aromatic heterocycles. The summed E-state index contributed by atoms with van der Waals surface area (Å²) in [6.45, 7) is 1.99. The molecule has 16 heavy (non-hydrogen) atoms. The van der Waals surface area contributed by atoms with Gasteiger partial charge in [0.2, 0.25) is 0 Å². The van der Waals surface area contributed by atoms with Crippen molar-refractivity contribution < 1.29 is 18.7 Å². The first kappa shape index (κ1) is 12.4. The lowest BCUT2D eigenvalue weighted by molar-refractivity contribution is -0.145. The van der Waals surface area contributed by atoms with Gasteiger partial charge in [0.15, 0.2) is 0 Å². The summed E-state index contributed by atoms with van der Waals surface area (Å²) >= 11 is 0. The van der Waals surface area contributed by atoms with Gasteiger partial charge in [-0.2, -0.15) is 0 Å². The third-order valence-electron chi connectivity index (χ3n) is 1.83. The summed E-state index contributed by atoms with van der Waals surface area (Å²) in [5, 5.41) is 0. The van der Waals surface area contributed by atoms with Crippen LogP contribution in [0.4, 0.5) is 4.39 Å². The first-order chi connectivity index (χ1) is 7.63. The van der Waals surface area contributed by atoms with Crippen molar-refractivity contribution in [3.05, 3.63) is 30.1 Å². The predicted octanol–water partition coefficient (Wildman–Crippen LogP) is 1.09. The number of nitrogens with two attached hydrogens (primary N) is 1. The smallest absolute Gasteiger partial charge is 0.326 e. The molecule has 0 fully saturated rings. The molecule has 4 nitrogen and oxygen atoms in total. The van der Waals surface area contributed by atoms with E-state index in [1.54, 1.807) is 6.92 Å². The standard InChI is InChI=1S/C11H14FNO3/c1-2-15-11(14)10(13)7-16-9-5-3-8(12)4-6-9/h3-6,10H,2,7,13H2,1H3. The molecular formula is C11H14FNO3. The van der Waals surface area contributed by atoms with Gasteiger partial charge in [0.05, 0.1) is 6.61 Å². The molecule has 0 saturated heterocycles. The molecule has 1 aromatic carbocycles. The van der Waals surface area contributed by atoms with E-state index in [1.807, 2.05) is 0 Å². The monoisotopic (exact) mass is 227 g/mol. The van der Waals surface area contributed by atoms with Gasteiger partial charge in [0.1, 0.15) is 24.2 Å². The third-order valence-corrected chi connectivity index (χ3v) is 1.83. The highest BCUT2D eigenvalue weighted by atomic mass is 19.1. The zero-order valence-electron chi connectivity index (χ0n) is 8.98. The Morgan fingerprint density at radius 3 is 2.62 bits per heavy atom. The molecule has 2 N–H and O–H groups in total. The summed E-state index contributed by atoms with van der Waals surface area (Å²) in [5.41, 5.74) is 5.51. The Morgan fingerprint density at radius 1 is 1.44 bits per heavy atom. The summed E-state index contributed by atoms with van der Waals surface area (Å²) in [7, 11) is 0. The molecule has 1 atom stereocenters. The van der Waals surface area contributed by atoms with Gasteiger partial charge in [-0.25, -0.2) is 4.39 Å². The molecule has 0 aliphatic heterocycles. The van der Waals surface area contributed by atoms with Crippen molar-refractivity contribution >= 4 is 5.97 Å². The average Bonchev–Trinajstić information content (AvgIpc) is 2.28. The first-order valence-electron chi connectivity index (χ1n) is 4.94. The molecule has 88 valence electrons. The van der Waals surface area contributed by atoms with Gasteiger partial charge >= 0.3 is 5.97 Å². The van der Waals surface area contributed by atoms with Crippen molar-refractivity contribution in [2.24, 2.45) is 5.73 Å². The third kappa shape index (κ3) is 3.86. The minimum atomic E-state index is -0.829. The van der Waals surface area contributed by atoms with Gasteiger partial charge in [-0.15, -0.1) is 0 Å². The molecule has 0 bridgehead atoms. The molecule has 1 aromatic rings. The van der Waals surface area contributed by atoms with E-state index >= 15 is 0 Å². The number of carbonyl (C=O) groups is 1. The lowest BCUT2D eigenvalue weighted by Gasteiger charge is -2.11. The number of rotatable bonds is 5. The molecule has 0 heterocycles. The Kier molecular flexibility index (Phi) is 4.72. The Labute approximate surface area is 93.2 Å². The minimum Gasteiger partial charge on any atom is -0.491 e. The van der Waals surface area contributed by atoms with Crippen molar-refractivity contribution in [3.63, 3.8) is 0 Å². The van der Waals surface area contributed by atoms with E-state index in [4.69, 9.17) is 15.2 Å². The number of hydrogen-bond donors (Lipinski definition) is 1. The van der Waals surface area contributed by atoms with E-state index in [1.165, 1.54) is 24.3 Å². The number of hydrogen-bond acceptors (Lipinski definition) is 4. The molecular weight excluding hydrogens is 213 g/mol. The van der Waals surface area contributed by atoms with Crippen LogP contribution < -0.4 is 10.5 Å². The van der Waals surface area contributed by atoms with Crippen LogP contribution >= 0.6 is 0 Å². The van der Waals surface area contributed by atoms with Crippen molar-refractivity contribution in [1.29, 1.82) is 0 Å². The molecule has 0 saturated carbocycles.